The number of aromatic hydroxyl groups is 1. The number of fused-ring (bicyclic) bond motifs is 1. The number of hydrogen-bond donors (Lipinski definition) is 2. The van der Waals surface area contributed by atoms with Gasteiger partial charge in [-0.05, 0) is 25.5 Å². The smallest absolute Gasteiger partial charge is 0.270 e. The molecule has 0 unspecified atom stereocenters. The lowest BCUT2D eigenvalue weighted by Gasteiger charge is -2.24. The lowest BCUT2D eigenvalue weighted by Crippen LogP contribution is -2.28. The number of aryl methyl sites for hydroxylation is 1. The summed E-state index contributed by atoms with van der Waals surface area (Å²) in [7, 11) is 1.76. The highest BCUT2D eigenvalue weighted by molar-refractivity contribution is 5.94. The lowest BCUT2D eigenvalue weighted by molar-refractivity contribution is -0.00710. The molecule has 122 valence electrons. The zero-order chi connectivity index (χ0) is 16.6. The molecule has 0 fully saturated rings. The number of ether oxygens (including phenoxy) is 1. The lowest BCUT2D eigenvalue weighted by atomic mass is 9.99. The first-order chi connectivity index (χ1) is 11.0. The highest BCUT2D eigenvalue weighted by Crippen LogP contribution is 2.31. The molecule has 2 atom stereocenters. The molecule has 2 aromatic heterocycles. The van der Waals surface area contributed by atoms with Crippen LogP contribution in [0, 0.1) is 0 Å². The first-order valence-electron chi connectivity index (χ1n) is 7.58. The van der Waals surface area contributed by atoms with Crippen molar-refractivity contribution in [2.45, 2.75) is 39.0 Å². The summed E-state index contributed by atoms with van der Waals surface area (Å²) in [6, 6.07) is 1.57. The molecule has 1 aliphatic heterocycles. The van der Waals surface area contributed by atoms with Crippen LogP contribution in [0.1, 0.15) is 47.3 Å². The van der Waals surface area contributed by atoms with Crippen molar-refractivity contribution in [3.8, 4) is 5.75 Å². The topological polar surface area (TPSA) is 89.3 Å². The summed E-state index contributed by atoms with van der Waals surface area (Å²) in [6.07, 6.45) is 3.58. The molecule has 0 saturated heterocycles. The molecular weight excluding hydrogens is 296 g/mol. The molecular formula is C16H20N4O3. The predicted molar refractivity (Wildman–Crippen MR) is 82.9 cm³/mol. The van der Waals surface area contributed by atoms with Gasteiger partial charge in [0.25, 0.3) is 5.91 Å². The Hall–Kier alpha value is -2.41. The third-order valence-electron chi connectivity index (χ3n) is 3.94. The van der Waals surface area contributed by atoms with E-state index in [-0.39, 0.29) is 23.9 Å². The van der Waals surface area contributed by atoms with E-state index >= 15 is 0 Å². The molecule has 2 aromatic rings. The van der Waals surface area contributed by atoms with Crippen molar-refractivity contribution in [2.75, 3.05) is 0 Å². The van der Waals surface area contributed by atoms with Gasteiger partial charge in [0.15, 0.2) is 0 Å². The van der Waals surface area contributed by atoms with Crippen LogP contribution in [0.2, 0.25) is 0 Å². The van der Waals surface area contributed by atoms with Crippen molar-refractivity contribution < 1.29 is 14.6 Å². The molecule has 1 amide bonds. The minimum Gasteiger partial charge on any atom is -0.506 e. The second kappa shape index (κ2) is 6.00. The number of aromatic nitrogens is 3. The summed E-state index contributed by atoms with van der Waals surface area (Å²) >= 11 is 0. The van der Waals surface area contributed by atoms with E-state index in [1.807, 2.05) is 13.8 Å². The highest BCUT2D eigenvalue weighted by atomic mass is 16.5. The number of nitrogens with zero attached hydrogens (tertiary/aromatic N) is 3. The van der Waals surface area contributed by atoms with E-state index in [1.165, 1.54) is 6.20 Å². The molecule has 7 nitrogen and oxygen atoms in total. The summed E-state index contributed by atoms with van der Waals surface area (Å²) in [5, 5.41) is 16.7. The molecule has 23 heavy (non-hydrogen) atoms. The monoisotopic (exact) mass is 316 g/mol. The van der Waals surface area contributed by atoms with Crippen molar-refractivity contribution in [1.29, 1.82) is 0 Å². The minimum atomic E-state index is -0.189. The van der Waals surface area contributed by atoms with E-state index in [0.717, 1.165) is 16.8 Å². The van der Waals surface area contributed by atoms with Gasteiger partial charge in [0.1, 0.15) is 11.4 Å². The van der Waals surface area contributed by atoms with Gasteiger partial charge in [-0.1, -0.05) is 0 Å². The van der Waals surface area contributed by atoms with Gasteiger partial charge in [-0.25, -0.2) is 0 Å². The van der Waals surface area contributed by atoms with Crippen molar-refractivity contribution in [3.05, 3.63) is 41.0 Å². The highest BCUT2D eigenvalue weighted by Gasteiger charge is 2.31. The van der Waals surface area contributed by atoms with Crippen molar-refractivity contribution >= 4 is 5.91 Å². The van der Waals surface area contributed by atoms with Gasteiger partial charge in [0, 0.05) is 31.8 Å². The second-order valence-corrected chi connectivity index (χ2v) is 5.86. The van der Waals surface area contributed by atoms with Gasteiger partial charge in [-0.3, -0.25) is 14.5 Å². The fourth-order valence-electron chi connectivity index (χ4n) is 2.99. The Morgan fingerprint density at radius 3 is 3.00 bits per heavy atom. The summed E-state index contributed by atoms with van der Waals surface area (Å²) in [6.45, 7) is 4.23. The van der Waals surface area contributed by atoms with Crippen LogP contribution < -0.4 is 5.32 Å². The van der Waals surface area contributed by atoms with E-state index in [2.05, 4.69) is 15.4 Å². The molecule has 0 aliphatic carbocycles. The van der Waals surface area contributed by atoms with Crippen LogP contribution in [0.15, 0.2) is 18.5 Å². The second-order valence-electron chi connectivity index (χ2n) is 5.86. The first kappa shape index (κ1) is 15.5. The van der Waals surface area contributed by atoms with E-state index in [9.17, 15) is 9.90 Å². The van der Waals surface area contributed by atoms with Crippen molar-refractivity contribution in [2.24, 2.45) is 7.05 Å². The maximum atomic E-state index is 12.6. The van der Waals surface area contributed by atoms with E-state index in [1.54, 1.807) is 24.0 Å². The Morgan fingerprint density at radius 2 is 2.26 bits per heavy atom. The maximum absolute atomic E-state index is 12.6. The van der Waals surface area contributed by atoms with Gasteiger partial charge in [0.05, 0.1) is 24.1 Å². The average Bonchev–Trinajstić information content (AvgIpc) is 2.81. The minimum absolute atomic E-state index is 0.0588. The van der Waals surface area contributed by atoms with Crippen LogP contribution in [0.25, 0.3) is 0 Å². The molecule has 1 aliphatic rings. The molecule has 7 heteroatoms. The van der Waals surface area contributed by atoms with Crippen molar-refractivity contribution in [3.63, 3.8) is 0 Å². The molecule has 0 aromatic carbocycles. The van der Waals surface area contributed by atoms with Crippen LogP contribution in [-0.4, -0.2) is 31.9 Å². The van der Waals surface area contributed by atoms with Crippen LogP contribution in [-0.2, 0) is 24.8 Å². The molecule has 3 heterocycles. The van der Waals surface area contributed by atoms with E-state index in [4.69, 9.17) is 4.74 Å². The Bertz CT molecular complexity index is 741. The van der Waals surface area contributed by atoms with Gasteiger partial charge in [-0.2, -0.15) is 5.10 Å². The van der Waals surface area contributed by atoms with E-state index in [0.29, 0.717) is 18.7 Å². The fraction of sp³-hybridized carbons (Fsp3) is 0.438. The standard InChI is InChI=1S/C16H20N4O3/c1-9-4-13-14(10(2)23-9)19-20(3)15(13)16(22)18-7-11-5-12(21)8-17-6-11/h5-6,8-10,21H,4,7H2,1-3H3,(H,18,22)/t9-,10+/m1/s1. The number of amides is 1. The Balaban J connectivity index is 1.80. The number of carbonyl (C=O) groups excluding carboxylic acids is 1. The third-order valence-corrected chi connectivity index (χ3v) is 3.94. The number of pyridine rings is 1. The van der Waals surface area contributed by atoms with E-state index < -0.39 is 0 Å². The Kier molecular flexibility index (Phi) is 4.04. The zero-order valence-electron chi connectivity index (χ0n) is 13.4. The summed E-state index contributed by atoms with van der Waals surface area (Å²) in [4.78, 5) is 16.5. The molecule has 2 N–H and O–H groups in total. The van der Waals surface area contributed by atoms with Gasteiger partial charge in [0.2, 0.25) is 0 Å². The first-order valence-corrected chi connectivity index (χ1v) is 7.58. The third kappa shape index (κ3) is 3.05. The average molecular weight is 316 g/mol. The quantitative estimate of drug-likeness (QED) is 0.895. The molecule has 3 rings (SSSR count). The largest absolute Gasteiger partial charge is 0.506 e. The number of rotatable bonds is 3. The van der Waals surface area contributed by atoms with Gasteiger partial charge in [-0.15, -0.1) is 0 Å². The van der Waals surface area contributed by atoms with Crippen molar-refractivity contribution in [1.82, 2.24) is 20.1 Å². The van der Waals surface area contributed by atoms with Crippen LogP contribution in [0.5, 0.6) is 5.75 Å². The SMILES string of the molecule is C[C@@H]1Cc2c(nn(C)c2C(=O)NCc2cncc(O)c2)[C@H](C)O1. The predicted octanol–water partition coefficient (Wildman–Crippen LogP) is 1.47. The summed E-state index contributed by atoms with van der Waals surface area (Å²) < 4.78 is 7.37. The van der Waals surface area contributed by atoms with Gasteiger partial charge < -0.3 is 15.2 Å². The van der Waals surface area contributed by atoms with Crippen LogP contribution >= 0.6 is 0 Å². The molecule has 0 saturated carbocycles. The summed E-state index contributed by atoms with van der Waals surface area (Å²) in [5.41, 5.74) is 3.08. The maximum Gasteiger partial charge on any atom is 0.270 e. The number of nitrogens with one attached hydrogen (secondary N) is 1. The molecule has 0 spiro atoms. The fourth-order valence-corrected chi connectivity index (χ4v) is 2.99. The van der Waals surface area contributed by atoms with Crippen LogP contribution in [0.4, 0.5) is 0 Å². The number of carbonyl (C=O) groups is 1. The molecule has 0 radical (unpaired) electrons. The number of hydrogen-bond acceptors (Lipinski definition) is 5. The Morgan fingerprint density at radius 1 is 1.48 bits per heavy atom. The summed E-state index contributed by atoms with van der Waals surface area (Å²) in [5.74, 6) is -0.111. The Labute approximate surface area is 134 Å². The normalized spacial score (nSPS) is 20.1. The zero-order valence-corrected chi connectivity index (χ0v) is 13.4. The van der Waals surface area contributed by atoms with Crippen LogP contribution in [0.3, 0.4) is 0 Å². The molecule has 0 bridgehead atoms. The van der Waals surface area contributed by atoms with Gasteiger partial charge >= 0.3 is 0 Å².